The molecule has 7 heavy (non-hydrogen) atoms. The highest BCUT2D eigenvalue weighted by Gasteiger charge is 1.94. The average molecular weight is 112 g/mol. The lowest BCUT2D eigenvalue weighted by Crippen LogP contribution is -2.00. The van der Waals surface area contributed by atoms with Gasteiger partial charge in [-0.3, -0.25) is 0 Å². The van der Waals surface area contributed by atoms with Crippen molar-refractivity contribution in [2.75, 3.05) is 6.54 Å². The van der Waals surface area contributed by atoms with Gasteiger partial charge in [-0.05, 0) is 6.08 Å². The van der Waals surface area contributed by atoms with Crippen LogP contribution in [-0.2, 0) is 12.4 Å². The molecule has 36 valence electrons. The Labute approximate surface area is 48.1 Å². The lowest BCUT2D eigenvalue weighted by Gasteiger charge is -1.86. The predicted octanol–water partition coefficient (Wildman–Crippen LogP) is 0.813. The van der Waals surface area contributed by atoms with Gasteiger partial charge in [-0.2, -0.15) is 0 Å². The van der Waals surface area contributed by atoms with Gasteiger partial charge < -0.3 is 0 Å². The molecule has 0 aromatic carbocycles. The van der Waals surface area contributed by atoms with Crippen molar-refractivity contribution in [2.45, 2.75) is 0 Å². The maximum absolute atomic E-state index is 4.78. The van der Waals surface area contributed by atoms with Gasteiger partial charge in [-0.1, -0.05) is 6.08 Å². The molecule has 0 saturated heterocycles. The Balaban J connectivity index is 2.66. The van der Waals surface area contributed by atoms with Crippen LogP contribution in [0.5, 0.6) is 0 Å². The number of allylic oxidation sites excluding steroid dienone is 2. The topological polar surface area (TPSA) is 3.01 Å². The van der Waals surface area contributed by atoms with Crippen molar-refractivity contribution >= 4 is 12.4 Å². The van der Waals surface area contributed by atoms with Crippen LogP contribution < -0.4 is 0 Å². The highest BCUT2D eigenvalue weighted by Crippen LogP contribution is 1.87. The van der Waals surface area contributed by atoms with E-state index in [4.69, 9.17) is 12.4 Å². The molecule has 0 spiro atoms. The summed E-state index contributed by atoms with van der Waals surface area (Å²) in [7, 11) is 0. The molecule has 0 aliphatic carbocycles. The molecule has 1 rings (SSSR count). The largest absolute Gasteiger partial charge is 0.270 e. The minimum Gasteiger partial charge on any atom is -0.123 e. The van der Waals surface area contributed by atoms with Gasteiger partial charge in [0, 0.05) is 6.08 Å². The summed E-state index contributed by atoms with van der Waals surface area (Å²) in [6, 6.07) is 0. The number of rotatable bonds is 0. The van der Waals surface area contributed by atoms with Crippen molar-refractivity contribution in [3.63, 3.8) is 0 Å². The van der Waals surface area contributed by atoms with Crippen molar-refractivity contribution in [2.24, 2.45) is 0 Å². The lowest BCUT2D eigenvalue weighted by molar-refractivity contribution is -0.413. The smallest absolute Gasteiger partial charge is 0.123 e. The van der Waals surface area contributed by atoms with Crippen LogP contribution >= 0.6 is 0 Å². The molecule has 1 aliphatic heterocycles. The van der Waals surface area contributed by atoms with E-state index >= 15 is 0 Å². The van der Waals surface area contributed by atoms with Crippen LogP contribution in [-0.4, -0.2) is 10.5 Å². The quantitative estimate of drug-likeness (QED) is 0.419. The Morgan fingerprint density at radius 3 is 2.57 bits per heavy atom. The van der Waals surface area contributed by atoms with Crippen LogP contribution in [0.4, 0.5) is 0 Å². The van der Waals surface area contributed by atoms with Gasteiger partial charge in [0.15, 0.2) is 12.7 Å². The normalized spacial score (nSPS) is 18.0. The molecule has 2 heteroatoms. The van der Waals surface area contributed by atoms with E-state index in [2.05, 4.69) is 0 Å². The van der Waals surface area contributed by atoms with Crippen LogP contribution in [0.2, 0.25) is 0 Å². The summed E-state index contributed by atoms with van der Waals surface area (Å²) in [5, 5.41) is 0. The van der Waals surface area contributed by atoms with Crippen molar-refractivity contribution in [1.29, 1.82) is 0 Å². The second-order valence-electron chi connectivity index (χ2n) is 1.37. The molecule has 0 aromatic rings. The molecule has 0 bridgehead atoms. The highest BCUT2D eigenvalue weighted by atomic mass is 32.1. The molecule has 0 atom stereocenters. The maximum atomic E-state index is 4.78. The number of hydrogen-bond donors (Lipinski definition) is 0. The van der Waals surface area contributed by atoms with Crippen LogP contribution in [0, 0.1) is 0 Å². The highest BCUT2D eigenvalue weighted by molar-refractivity contribution is 7.44. The fraction of sp³-hybridized carbons (Fsp3) is 0.200. The zero-order chi connectivity index (χ0) is 5.11. The molecule has 0 unspecified atom stereocenters. The molecule has 1 aliphatic rings. The molecular formula is C5H6NS+. The zero-order valence-corrected chi connectivity index (χ0v) is 4.69. The molecule has 0 aromatic heterocycles. The summed E-state index contributed by atoms with van der Waals surface area (Å²) < 4.78 is 1.71. The Morgan fingerprint density at radius 1 is 1.43 bits per heavy atom. The van der Waals surface area contributed by atoms with Crippen molar-refractivity contribution in [3.05, 3.63) is 24.4 Å². The van der Waals surface area contributed by atoms with E-state index in [9.17, 15) is 0 Å². The predicted molar refractivity (Wildman–Crippen MR) is 30.8 cm³/mol. The third-order valence-electron chi connectivity index (χ3n) is 0.785. The fourth-order valence-corrected chi connectivity index (χ4v) is 0.606. The first-order chi connectivity index (χ1) is 3.39. The summed E-state index contributed by atoms with van der Waals surface area (Å²) >= 11 is 4.78. The van der Waals surface area contributed by atoms with E-state index in [1.807, 2.05) is 24.4 Å². The Hall–Kier alpha value is -0.500. The van der Waals surface area contributed by atoms with Gasteiger partial charge in [0.2, 0.25) is 0 Å². The first-order valence-electron chi connectivity index (χ1n) is 2.17. The average Bonchev–Trinajstić information content (AvgIpc) is 1.69. The van der Waals surface area contributed by atoms with E-state index in [-0.39, 0.29) is 0 Å². The Bertz CT molecular complexity index is 135. The van der Waals surface area contributed by atoms with E-state index in [1.54, 1.807) is 3.95 Å². The summed E-state index contributed by atoms with van der Waals surface area (Å²) in [4.78, 5) is 0. The summed E-state index contributed by atoms with van der Waals surface area (Å²) in [5.41, 5.74) is 0. The molecule has 0 N–H and O–H groups in total. The Morgan fingerprint density at radius 2 is 2.29 bits per heavy atom. The van der Waals surface area contributed by atoms with Gasteiger partial charge in [0.05, 0.1) is 0 Å². The maximum Gasteiger partial charge on any atom is 0.270 e. The Kier molecular flexibility index (Phi) is 1.32. The van der Waals surface area contributed by atoms with Crippen molar-refractivity contribution < 1.29 is 3.95 Å². The third kappa shape index (κ3) is 1.20. The third-order valence-corrected chi connectivity index (χ3v) is 1.06. The number of hydrogen-bond acceptors (Lipinski definition) is 1. The van der Waals surface area contributed by atoms with Gasteiger partial charge >= 0.3 is 0 Å². The molecule has 0 radical (unpaired) electrons. The van der Waals surface area contributed by atoms with E-state index in [1.165, 1.54) is 0 Å². The summed E-state index contributed by atoms with van der Waals surface area (Å²) in [5.74, 6) is 0. The molecular weight excluding hydrogens is 106 g/mol. The van der Waals surface area contributed by atoms with Gasteiger partial charge in [-0.25, -0.2) is 0 Å². The van der Waals surface area contributed by atoms with Crippen LogP contribution in [0.1, 0.15) is 0 Å². The lowest BCUT2D eigenvalue weighted by atomic mass is 10.4. The van der Waals surface area contributed by atoms with Gasteiger partial charge in [0.25, 0.3) is 12.4 Å². The fourth-order valence-electron chi connectivity index (χ4n) is 0.450. The summed E-state index contributed by atoms with van der Waals surface area (Å²) in [6.07, 6.45) is 7.81. The monoisotopic (exact) mass is 112 g/mol. The standard InChI is InChI=1S/C5H6NS/c7-6-4-2-1-3-5-6/h1-4H,5H2/q+1. The van der Waals surface area contributed by atoms with Gasteiger partial charge in [-0.15, -0.1) is 3.95 Å². The molecule has 1 heterocycles. The van der Waals surface area contributed by atoms with E-state index in [0.717, 1.165) is 6.54 Å². The minimum atomic E-state index is 0.867. The second kappa shape index (κ2) is 1.98. The zero-order valence-electron chi connectivity index (χ0n) is 3.87. The molecule has 0 amide bonds. The van der Waals surface area contributed by atoms with Crippen LogP contribution in [0.25, 0.3) is 0 Å². The molecule has 1 nitrogen and oxygen atoms in total. The van der Waals surface area contributed by atoms with Crippen LogP contribution in [0.3, 0.4) is 0 Å². The van der Waals surface area contributed by atoms with Crippen LogP contribution in [0.15, 0.2) is 24.4 Å². The van der Waals surface area contributed by atoms with E-state index in [0.29, 0.717) is 0 Å². The second-order valence-corrected chi connectivity index (χ2v) is 1.84. The summed E-state index contributed by atoms with van der Waals surface area (Å²) in [6.45, 7) is 0.867. The molecule has 0 saturated carbocycles. The van der Waals surface area contributed by atoms with Crippen molar-refractivity contribution in [1.82, 2.24) is 0 Å². The first kappa shape index (κ1) is 4.65. The number of nitrogens with zero attached hydrogens (tertiary/aromatic N) is 1. The molecule has 0 fully saturated rings. The SMILES string of the molecule is S=[N+]1C=CC=CC1. The van der Waals surface area contributed by atoms with E-state index < -0.39 is 0 Å². The minimum absolute atomic E-state index is 0.867. The van der Waals surface area contributed by atoms with Crippen molar-refractivity contribution in [3.8, 4) is 0 Å². The first-order valence-corrected chi connectivity index (χ1v) is 2.53. The van der Waals surface area contributed by atoms with Gasteiger partial charge in [0.1, 0.15) is 0 Å².